The monoisotopic (exact) mass is 381 g/mol. The molecule has 0 spiro atoms. The van der Waals surface area contributed by atoms with Gasteiger partial charge in [-0.05, 0) is 49.3 Å². The molecular weight excluding hydrogens is 354 g/mol. The molecule has 0 bridgehead atoms. The van der Waals surface area contributed by atoms with Crippen molar-refractivity contribution in [2.24, 2.45) is 5.92 Å². The number of nitrogens with zero attached hydrogens (tertiary/aromatic N) is 2. The minimum absolute atomic E-state index is 0.0382. The second-order valence-electron chi connectivity index (χ2n) is 7.35. The molecule has 148 valence electrons. The molecule has 0 saturated heterocycles. The molecule has 2 amide bonds. The van der Waals surface area contributed by atoms with Crippen LogP contribution in [-0.2, 0) is 17.8 Å². The average Bonchev–Trinajstić information content (AvgIpc) is 2.73. The lowest BCUT2D eigenvalue weighted by Crippen LogP contribution is -2.46. The Balaban J connectivity index is 1.60. The van der Waals surface area contributed by atoms with E-state index in [1.54, 1.807) is 12.4 Å². The number of amides is 2. The first-order chi connectivity index (χ1) is 13.6. The van der Waals surface area contributed by atoms with Crippen molar-refractivity contribution in [2.45, 2.75) is 44.7 Å². The van der Waals surface area contributed by atoms with Gasteiger partial charge in [0.05, 0.1) is 5.92 Å². The van der Waals surface area contributed by atoms with Gasteiger partial charge < -0.3 is 15.3 Å². The van der Waals surface area contributed by atoms with E-state index in [1.807, 2.05) is 35.2 Å². The van der Waals surface area contributed by atoms with Gasteiger partial charge in [-0.3, -0.25) is 9.78 Å². The molecule has 2 N–H and O–H groups in total. The number of carbonyl (C=O) groups is 2. The van der Waals surface area contributed by atoms with E-state index in [4.69, 9.17) is 5.11 Å². The summed E-state index contributed by atoms with van der Waals surface area (Å²) in [6.45, 7) is 1.10. The smallest absolute Gasteiger partial charge is 0.317 e. The van der Waals surface area contributed by atoms with E-state index in [1.165, 1.54) is 5.56 Å². The molecule has 1 aliphatic rings. The highest BCUT2D eigenvalue weighted by Crippen LogP contribution is 2.24. The Hall–Kier alpha value is -2.89. The molecule has 0 unspecified atom stereocenters. The van der Waals surface area contributed by atoms with E-state index < -0.39 is 5.97 Å². The second kappa shape index (κ2) is 9.88. The Bertz CT molecular complexity index is 759. The van der Waals surface area contributed by atoms with Gasteiger partial charge in [-0.2, -0.15) is 0 Å². The summed E-state index contributed by atoms with van der Waals surface area (Å²) in [7, 11) is 0. The highest BCUT2D eigenvalue weighted by Gasteiger charge is 2.27. The largest absolute Gasteiger partial charge is 0.481 e. The molecule has 2 aromatic rings. The maximum atomic E-state index is 12.9. The van der Waals surface area contributed by atoms with Crippen molar-refractivity contribution in [1.82, 2.24) is 15.2 Å². The standard InChI is InChI=1S/C22H27N3O3/c26-21(27)19-8-10-20(11-9-19)24-22(28)25(16-18-7-4-13-23-15-18)14-12-17-5-2-1-3-6-17/h1-7,13,15,19-20H,8-12,14,16H2,(H,24,28)(H,26,27). The van der Waals surface area contributed by atoms with Gasteiger partial charge >= 0.3 is 12.0 Å². The van der Waals surface area contributed by atoms with Crippen LogP contribution in [0, 0.1) is 5.92 Å². The summed E-state index contributed by atoms with van der Waals surface area (Å²) in [5.74, 6) is -1.01. The van der Waals surface area contributed by atoms with E-state index in [-0.39, 0.29) is 18.0 Å². The highest BCUT2D eigenvalue weighted by molar-refractivity contribution is 5.74. The van der Waals surface area contributed by atoms with Gasteiger partial charge in [-0.1, -0.05) is 36.4 Å². The lowest BCUT2D eigenvalue weighted by molar-refractivity contribution is -0.142. The van der Waals surface area contributed by atoms with Gasteiger partial charge in [0.2, 0.25) is 0 Å². The third kappa shape index (κ3) is 5.81. The number of hydrogen-bond acceptors (Lipinski definition) is 3. The normalized spacial score (nSPS) is 19.0. The SMILES string of the molecule is O=C(O)C1CCC(NC(=O)N(CCc2ccccc2)Cc2cccnc2)CC1. The Morgan fingerprint density at radius 2 is 1.75 bits per heavy atom. The van der Waals surface area contributed by atoms with Crippen LogP contribution in [0.25, 0.3) is 0 Å². The van der Waals surface area contributed by atoms with Gasteiger partial charge in [0.15, 0.2) is 0 Å². The van der Waals surface area contributed by atoms with Crippen LogP contribution in [0.1, 0.15) is 36.8 Å². The van der Waals surface area contributed by atoms with Gasteiger partial charge in [-0.15, -0.1) is 0 Å². The minimum Gasteiger partial charge on any atom is -0.481 e. The molecule has 3 rings (SSSR count). The number of urea groups is 1. The second-order valence-corrected chi connectivity index (χ2v) is 7.35. The zero-order valence-corrected chi connectivity index (χ0v) is 16.0. The zero-order valence-electron chi connectivity index (χ0n) is 16.0. The molecule has 0 atom stereocenters. The molecule has 6 nitrogen and oxygen atoms in total. The Morgan fingerprint density at radius 3 is 2.39 bits per heavy atom. The van der Waals surface area contributed by atoms with Crippen LogP contribution >= 0.6 is 0 Å². The maximum Gasteiger partial charge on any atom is 0.317 e. The van der Waals surface area contributed by atoms with Crippen molar-refractivity contribution >= 4 is 12.0 Å². The number of aromatic nitrogens is 1. The van der Waals surface area contributed by atoms with Crippen LogP contribution in [0.2, 0.25) is 0 Å². The summed E-state index contributed by atoms with van der Waals surface area (Å²) in [5.41, 5.74) is 2.17. The van der Waals surface area contributed by atoms with Crippen molar-refractivity contribution in [1.29, 1.82) is 0 Å². The van der Waals surface area contributed by atoms with Crippen molar-refractivity contribution < 1.29 is 14.7 Å². The van der Waals surface area contributed by atoms with E-state index in [0.717, 1.165) is 12.0 Å². The van der Waals surface area contributed by atoms with Crippen molar-refractivity contribution in [3.63, 3.8) is 0 Å². The number of carbonyl (C=O) groups excluding carboxylic acids is 1. The zero-order chi connectivity index (χ0) is 19.8. The van der Waals surface area contributed by atoms with Crippen LogP contribution in [-0.4, -0.2) is 39.6 Å². The molecule has 0 aliphatic heterocycles. The molecule has 1 heterocycles. The van der Waals surface area contributed by atoms with Gasteiger partial charge in [0, 0.05) is 31.5 Å². The summed E-state index contributed by atoms with van der Waals surface area (Å²) in [5, 5.41) is 12.2. The molecule has 1 aromatic carbocycles. The minimum atomic E-state index is -0.731. The van der Waals surface area contributed by atoms with Crippen LogP contribution in [0.3, 0.4) is 0 Å². The lowest BCUT2D eigenvalue weighted by Gasteiger charge is -2.30. The first-order valence-corrected chi connectivity index (χ1v) is 9.83. The first kappa shape index (κ1) is 19.9. The number of hydrogen-bond donors (Lipinski definition) is 2. The predicted molar refractivity (Wildman–Crippen MR) is 107 cm³/mol. The van der Waals surface area contributed by atoms with Crippen LogP contribution in [0.5, 0.6) is 0 Å². The summed E-state index contributed by atoms with van der Waals surface area (Å²) in [6.07, 6.45) is 6.93. The molecule has 1 saturated carbocycles. The van der Waals surface area contributed by atoms with E-state index >= 15 is 0 Å². The molecule has 1 aromatic heterocycles. The number of aliphatic carboxylic acids is 1. The highest BCUT2D eigenvalue weighted by atomic mass is 16.4. The summed E-state index contributed by atoms with van der Waals surface area (Å²) in [6, 6.07) is 13.9. The quantitative estimate of drug-likeness (QED) is 0.769. The van der Waals surface area contributed by atoms with E-state index in [2.05, 4.69) is 22.4 Å². The Labute approximate surface area is 165 Å². The van der Waals surface area contributed by atoms with E-state index in [0.29, 0.717) is 38.8 Å². The summed E-state index contributed by atoms with van der Waals surface area (Å²) >= 11 is 0. The molecular formula is C22H27N3O3. The van der Waals surface area contributed by atoms with E-state index in [9.17, 15) is 9.59 Å². The van der Waals surface area contributed by atoms with Crippen LogP contribution < -0.4 is 5.32 Å². The molecule has 1 aliphatic carbocycles. The van der Waals surface area contributed by atoms with Crippen LogP contribution in [0.15, 0.2) is 54.9 Å². The topological polar surface area (TPSA) is 82.5 Å². The first-order valence-electron chi connectivity index (χ1n) is 9.83. The number of nitrogens with one attached hydrogen (secondary N) is 1. The van der Waals surface area contributed by atoms with Gasteiger partial charge in [-0.25, -0.2) is 4.79 Å². The predicted octanol–water partition coefficient (Wildman–Crippen LogP) is 3.48. The van der Waals surface area contributed by atoms with Crippen molar-refractivity contribution in [3.8, 4) is 0 Å². The number of benzene rings is 1. The lowest BCUT2D eigenvalue weighted by atomic mass is 9.86. The number of rotatable bonds is 7. The number of pyridine rings is 1. The molecule has 1 fully saturated rings. The fraction of sp³-hybridized carbons (Fsp3) is 0.409. The van der Waals surface area contributed by atoms with Gasteiger partial charge in [0.25, 0.3) is 0 Å². The molecule has 28 heavy (non-hydrogen) atoms. The summed E-state index contributed by atoms with van der Waals surface area (Å²) < 4.78 is 0. The van der Waals surface area contributed by atoms with Gasteiger partial charge in [0.1, 0.15) is 0 Å². The fourth-order valence-electron chi connectivity index (χ4n) is 3.62. The maximum absolute atomic E-state index is 12.9. The van der Waals surface area contributed by atoms with Crippen molar-refractivity contribution in [3.05, 3.63) is 66.0 Å². The molecule has 6 heteroatoms. The Kier molecular flexibility index (Phi) is 7.00. The third-order valence-corrected chi connectivity index (χ3v) is 5.30. The number of carboxylic acid groups (broad SMARTS) is 1. The van der Waals surface area contributed by atoms with Crippen LogP contribution in [0.4, 0.5) is 4.79 Å². The third-order valence-electron chi connectivity index (χ3n) is 5.30. The number of carboxylic acids is 1. The Morgan fingerprint density at radius 1 is 1.04 bits per heavy atom. The van der Waals surface area contributed by atoms with Crippen molar-refractivity contribution in [2.75, 3.05) is 6.54 Å². The molecule has 0 radical (unpaired) electrons. The fourth-order valence-corrected chi connectivity index (χ4v) is 3.62. The summed E-state index contributed by atoms with van der Waals surface area (Å²) in [4.78, 5) is 30.0. The average molecular weight is 381 g/mol.